The fourth-order valence-corrected chi connectivity index (χ4v) is 5.25. The summed E-state index contributed by atoms with van der Waals surface area (Å²) in [5.41, 5.74) is 7.75. The van der Waals surface area contributed by atoms with E-state index in [4.69, 9.17) is 10.5 Å². The number of amides is 2. The lowest BCUT2D eigenvalue weighted by Crippen LogP contribution is -2.41. The van der Waals surface area contributed by atoms with E-state index in [2.05, 4.69) is 51.5 Å². The number of ether oxygens (including phenoxy) is 1. The van der Waals surface area contributed by atoms with Gasteiger partial charge in [-0.05, 0) is 68.3 Å². The van der Waals surface area contributed by atoms with Crippen LogP contribution in [-0.4, -0.2) is 74.1 Å². The molecule has 1 aliphatic heterocycles. The number of benzene rings is 1. The summed E-state index contributed by atoms with van der Waals surface area (Å²) in [5.74, 6) is -0.109. The molecule has 4 N–H and O–H groups in total. The van der Waals surface area contributed by atoms with Crippen LogP contribution in [0.25, 0.3) is 10.9 Å². The Morgan fingerprint density at radius 2 is 1.98 bits per heavy atom. The number of nitrogens with two attached hydrogens (primary N) is 1. The third-order valence-corrected chi connectivity index (χ3v) is 7.57. The van der Waals surface area contributed by atoms with Crippen LogP contribution < -0.4 is 21.1 Å². The van der Waals surface area contributed by atoms with Gasteiger partial charge in [0.2, 0.25) is 11.6 Å². The third-order valence-electron chi connectivity index (χ3n) is 6.95. The lowest BCUT2D eigenvalue weighted by atomic mass is 10.1. The fourth-order valence-electron chi connectivity index (χ4n) is 4.76. The second-order valence-corrected chi connectivity index (χ2v) is 12.0. The van der Waals surface area contributed by atoms with Crippen LogP contribution >= 0.6 is 15.9 Å². The molecule has 0 saturated heterocycles. The van der Waals surface area contributed by atoms with Gasteiger partial charge in [0.15, 0.2) is 0 Å². The molecular formula is C31H30BrN10O5+. The summed E-state index contributed by atoms with van der Waals surface area (Å²) >= 11 is 3.56. The summed E-state index contributed by atoms with van der Waals surface area (Å²) in [5, 5.41) is 18.1. The first-order valence-corrected chi connectivity index (χ1v) is 15.0. The van der Waals surface area contributed by atoms with E-state index in [1.807, 2.05) is 50.5 Å². The highest BCUT2D eigenvalue weighted by atomic mass is 79.9. The van der Waals surface area contributed by atoms with Crippen LogP contribution in [-0.2, 0) is 16.2 Å². The molecule has 0 saturated carbocycles. The normalized spacial score (nSPS) is 13.1. The first-order chi connectivity index (χ1) is 22.5. The number of nitro groups is 1. The van der Waals surface area contributed by atoms with Gasteiger partial charge in [0.05, 0.1) is 54.5 Å². The zero-order valence-corrected chi connectivity index (χ0v) is 27.0. The predicted octanol–water partition coefficient (Wildman–Crippen LogP) is 3.89. The lowest BCUT2D eigenvalue weighted by Gasteiger charge is -2.28. The highest BCUT2D eigenvalue weighted by Crippen LogP contribution is 2.31. The van der Waals surface area contributed by atoms with Crippen molar-refractivity contribution >= 4 is 61.7 Å². The molecule has 47 heavy (non-hydrogen) atoms. The van der Waals surface area contributed by atoms with Crippen molar-refractivity contribution in [3.8, 4) is 5.75 Å². The van der Waals surface area contributed by atoms with Crippen LogP contribution in [0.5, 0.6) is 5.75 Å². The number of nitrogens with zero attached hydrogens (tertiary/aromatic N) is 7. The highest BCUT2D eigenvalue weighted by molar-refractivity contribution is 9.10. The van der Waals surface area contributed by atoms with Crippen molar-refractivity contribution in [2.45, 2.75) is 13.0 Å². The number of pyridine rings is 2. The first kappa shape index (κ1) is 32.8. The number of aliphatic imine (C=N–C) groups is 1. The number of rotatable bonds is 13. The minimum absolute atomic E-state index is 0.0232. The minimum Gasteiger partial charge on any atom is -0.486 e. The molecule has 3 aromatic heterocycles. The molecule has 5 rings (SSSR count). The van der Waals surface area contributed by atoms with Crippen molar-refractivity contribution in [2.24, 2.45) is 10.7 Å². The molecule has 240 valence electrons. The van der Waals surface area contributed by atoms with E-state index >= 15 is 0 Å². The molecule has 1 aliphatic rings. The molecule has 0 bridgehead atoms. The van der Waals surface area contributed by atoms with Gasteiger partial charge in [-0.2, -0.15) is 0 Å². The Bertz CT molecular complexity index is 1950. The zero-order chi connectivity index (χ0) is 33.6. The summed E-state index contributed by atoms with van der Waals surface area (Å²) in [6.45, 7) is 0.930. The summed E-state index contributed by atoms with van der Waals surface area (Å²) < 4.78 is 6.90. The van der Waals surface area contributed by atoms with Gasteiger partial charge in [0.25, 0.3) is 5.91 Å². The van der Waals surface area contributed by atoms with Crippen LogP contribution in [0.15, 0.2) is 94.2 Å². The first-order valence-electron chi connectivity index (χ1n) is 14.2. The van der Waals surface area contributed by atoms with Crippen molar-refractivity contribution in [2.75, 3.05) is 37.8 Å². The number of likely N-dealkylation sites (N-methyl/N-ethyl adjacent to an activating group) is 1. The molecule has 1 aromatic carbocycles. The molecular weight excluding hydrogens is 672 g/mol. The van der Waals surface area contributed by atoms with Crippen LogP contribution in [0, 0.1) is 10.1 Å². The Labute approximate surface area is 277 Å². The zero-order valence-electron chi connectivity index (χ0n) is 25.4. The number of quaternary nitrogens is 1. The number of anilines is 3. The van der Waals surface area contributed by atoms with Crippen LogP contribution in [0.3, 0.4) is 0 Å². The van der Waals surface area contributed by atoms with Crippen LogP contribution in [0.1, 0.15) is 12.1 Å². The van der Waals surface area contributed by atoms with E-state index < -0.39 is 16.7 Å². The molecule has 2 amide bonds. The third kappa shape index (κ3) is 8.56. The van der Waals surface area contributed by atoms with E-state index in [0.29, 0.717) is 47.0 Å². The second kappa shape index (κ2) is 14.2. The largest absolute Gasteiger partial charge is 0.486 e. The highest BCUT2D eigenvalue weighted by Gasteiger charge is 2.35. The van der Waals surface area contributed by atoms with Gasteiger partial charge in [-0.1, -0.05) is 6.07 Å². The average Bonchev–Trinajstić information content (AvgIpc) is 3.45. The number of carbonyl (C=O) groups excluding carboxylic acids is 2. The number of hydrogen-bond acceptors (Lipinski definition) is 11. The molecule has 0 atom stereocenters. The Morgan fingerprint density at radius 1 is 1.15 bits per heavy atom. The smallest absolute Gasteiger partial charge is 0.369 e. The van der Waals surface area contributed by atoms with E-state index in [1.165, 1.54) is 18.6 Å². The van der Waals surface area contributed by atoms with Crippen molar-refractivity contribution in [3.05, 3.63) is 105 Å². The number of hydrogen-bond donors (Lipinski definition) is 3. The van der Waals surface area contributed by atoms with Gasteiger partial charge in [-0.15, -0.1) is 0 Å². The standard InChI is InChI=1S/C31H29BrN10O5/c1-42(2,16-19-12-24(29(33)44)39-31(19)41(45)46)11-5-7-28(43)40-27-14-22-25(15-35-27)36-18-37-30(22)38-20-8-9-26(23(32)13-20)47-17-21-6-3-4-10-34-21/h3-10,13-15,18H,11-12,16-17H2,1-2H3,(H3-,33,35,36,37,38,39,40,43,44)/p+1/b7-5+. The minimum atomic E-state index is -0.789. The Balaban J connectivity index is 1.21. The molecule has 4 heterocycles. The van der Waals surface area contributed by atoms with E-state index in [9.17, 15) is 19.7 Å². The maximum Gasteiger partial charge on any atom is 0.369 e. The molecule has 0 spiro atoms. The van der Waals surface area contributed by atoms with Gasteiger partial charge in [0, 0.05) is 23.3 Å². The van der Waals surface area contributed by atoms with Crippen LogP contribution in [0.4, 0.5) is 17.3 Å². The van der Waals surface area contributed by atoms with Crippen molar-refractivity contribution < 1.29 is 23.7 Å². The number of halogens is 1. The number of nitrogens with one attached hydrogen (secondary N) is 2. The van der Waals surface area contributed by atoms with Crippen molar-refractivity contribution in [1.29, 1.82) is 0 Å². The molecule has 15 nitrogen and oxygen atoms in total. The van der Waals surface area contributed by atoms with Crippen molar-refractivity contribution in [3.63, 3.8) is 0 Å². The second-order valence-electron chi connectivity index (χ2n) is 11.1. The maximum atomic E-state index is 12.7. The fraction of sp³-hybridized carbons (Fsp3) is 0.194. The number of aromatic nitrogens is 4. The summed E-state index contributed by atoms with van der Waals surface area (Å²) in [7, 11) is 3.69. The molecule has 16 heteroatoms. The van der Waals surface area contributed by atoms with E-state index in [-0.39, 0.29) is 29.0 Å². The lowest BCUT2D eigenvalue weighted by molar-refractivity contribution is -0.880. The monoisotopic (exact) mass is 701 g/mol. The number of fused-ring (bicyclic) bond motifs is 1. The molecule has 0 unspecified atom stereocenters. The summed E-state index contributed by atoms with van der Waals surface area (Å²) in [6.07, 6.45) is 7.72. The van der Waals surface area contributed by atoms with Gasteiger partial charge < -0.3 is 35.7 Å². The van der Waals surface area contributed by atoms with Gasteiger partial charge >= 0.3 is 5.82 Å². The van der Waals surface area contributed by atoms with E-state index in [0.717, 1.165) is 15.9 Å². The predicted molar refractivity (Wildman–Crippen MR) is 178 cm³/mol. The number of carbonyl (C=O) groups is 2. The molecule has 4 aromatic rings. The van der Waals surface area contributed by atoms with Gasteiger partial charge in [0.1, 0.15) is 36.9 Å². The van der Waals surface area contributed by atoms with Gasteiger partial charge in [-0.25, -0.2) is 15.0 Å². The maximum absolute atomic E-state index is 12.7. The molecule has 0 fully saturated rings. The van der Waals surface area contributed by atoms with Crippen molar-refractivity contribution in [1.82, 2.24) is 19.9 Å². The SMILES string of the molecule is C[N+](C)(C/C=C/C(=O)Nc1cc2c(Nc3ccc(OCc4ccccn4)c(Br)c3)ncnc2cn1)CC1=C([N+](=O)[O-])N=C(C(N)=O)C1. The summed E-state index contributed by atoms with van der Waals surface area (Å²) in [6, 6.07) is 12.9. The van der Waals surface area contributed by atoms with E-state index in [1.54, 1.807) is 18.3 Å². The van der Waals surface area contributed by atoms with Crippen LogP contribution in [0.2, 0.25) is 0 Å². The molecule has 0 aliphatic carbocycles. The Morgan fingerprint density at radius 3 is 2.70 bits per heavy atom. The molecule has 0 radical (unpaired) electrons. The Kier molecular flexibility index (Phi) is 9.91. The average molecular weight is 703 g/mol. The summed E-state index contributed by atoms with van der Waals surface area (Å²) in [4.78, 5) is 56.1. The Hall–Kier alpha value is -5.61. The van der Waals surface area contributed by atoms with Gasteiger partial charge in [-0.3, -0.25) is 14.6 Å². The quantitative estimate of drug-likeness (QED) is 0.0795. The number of primary amides is 1. The topological polar surface area (TPSA) is 201 Å².